The minimum absolute atomic E-state index is 0.0168. The van der Waals surface area contributed by atoms with E-state index < -0.39 is 41.6 Å². The second-order valence-corrected chi connectivity index (χ2v) is 5.70. The van der Waals surface area contributed by atoms with Crippen LogP contribution in [0, 0.1) is 5.92 Å². The van der Waals surface area contributed by atoms with E-state index in [-0.39, 0.29) is 23.6 Å². The second-order valence-electron chi connectivity index (χ2n) is 5.29. The van der Waals surface area contributed by atoms with Gasteiger partial charge in [-0.05, 0) is 18.1 Å². The Labute approximate surface area is 132 Å². The molecule has 126 valence electrons. The first kappa shape index (κ1) is 16.1. The molecular weight excluding hydrogens is 346 g/mol. The van der Waals surface area contributed by atoms with Crippen LogP contribution in [0.2, 0.25) is 5.02 Å². The number of alkyl halides is 4. The van der Waals surface area contributed by atoms with Crippen LogP contribution in [0.1, 0.15) is 18.0 Å². The highest BCUT2D eigenvalue weighted by atomic mass is 35.5. The van der Waals surface area contributed by atoms with Crippen molar-refractivity contribution in [2.45, 2.75) is 24.7 Å². The standard InChI is InChI=1S/C13H10ClF4NO4/c14-7-3-10-9(22-12(15,16)13(17,18)23-10)2-6(7)8-1-5(4-19-8)11(20)21/h2-3,5,8,19H,1,4H2,(H,20,21). The lowest BCUT2D eigenvalue weighted by Gasteiger charge is -2.32. The largest absolute Gasteiger partial charge is 0.507 e. The minimum Gasteiger partial charge on any atom is -0.481 e. The zero-order valence-corrected chi connectivity index (χ0v) is 12.0. The maximum atomic E-state index is 13.2. The number of carboxylic acids is 1. The molecule has 0 amide bonds. The highest BCUT2D eigenvalue weighted by Gasteiger charge is 2.66. The SMILES string of the molecule is O=C(O)C1CNC(c2cc3c(cc2Cl)OC(F)(F)C(F)(F)O3)C1. The molecule has 0 radical (unpaired) electrons. The average Bonchev–Trinajstić information content (AvgIpc) is 2.89. The van der Waals surface area contributed by atoms with Gasteiger partial charge in [-0.15, -0.1) is 0 Å². The summed E-state index contributed by atoms with van der Waals surface area (Å²) in [4.78, 5) is 11.0. The second kappa shape index (κ2) is 5.13. The topological polar surface area (TPSA) is 67.8 Å². The number of benzene rings is 1. The number of carboxylic acid groups (broad SMARTS) is 1. The molecule has 0 bridgehead atoms. The Morgan fingerprint density at radius 1 is 1.22 bits per heavy atom. The summed E-state index contributed by atoms with van der Waals surface area (Å²) in [5.74, 6) is -2.85. The van der Waals surface area contributed by atoms with Gasteiger partial charge in [0.25, 0.3) is 0 Å². The maximum absolute atomic E-state index is 13.2. The zero-order chi connectivity index (χ0) is 17.0. The molecule has 1 aromatic carbocycles. The van der Waals surface area contributed by atoms with Gasteiger partial charge in [0.1, 0.15) is 0 Å². The molecule has 2 N–H and O–H groups in total. The summed E-state index contributed by atoms with van der Waals surface area (Å²) in [6.07, 6.45) is -9.45. The lowest BCUT2D eigenvalue weighted by molar-refractivity contribution is -0.391. The average molecular weight is 356 g/mol. The number of fused-ring (bicyclic) bond motifs is 1. The third-order valence-electron chi connectivity index (χ3n) is 3.73. The van der Waals surface area contributed by atoms with Crippen molar-refractivity contribution >= 4 is 17.6 Å². The molecule has 0 aliphatic carbocycles. The molecule has 0 aromatic heterocycles. The number of nitrogens with one attached hydrogen (secondary N) is 1. The summed E-state index contributed by atoms with van der Waals surface area (Å²) in [6.45, 7) is 0.180. The lowest BCUT2D eigenvalue weighted by Crippen LogP contribution is -2.52. The third-order valence-corrected chi connectivity index (χ3v) is 4.06. The molecule has 1 saturated heterocycles. The van der Waals surface area contributed by atoms with Gasteiger partial charge in [-0.1, -0.05) is 11.6 Å². The summed E-state index contributed by atoms with van der Waals surface area (Å²) < 4.78 is 60.7. The van der Waals surface area contributed by atoms with Crippen molar-refractivity contribution in [2.75, 3.05) is 6.54 Å². The minimum atomic E-state index is -4.82. The van der Waals surface area contributed by atoms with E-state index in [2.05, 4.69) is 14.8 Å². The Kier molecular flexibility index (Phi) is 3.60. The van der Waals surface area contributed by atoms with Crippen LogP contribution in [-0.2, 0) is 4.79 Å². The fraction of sp³-hybridized carbons (Fsp3) is 0.462. The number of carbonyl (C=O) groups is 1. The third kappa shape index (κ3) is 2.67. The van der Waals surface area contributed by atoms with Gasteiger partial charge < -0.3 is 19.9 Å². The van der Waals surface area contributed by atoms with Crippen LogP contribution in [0.15, 0.2) is 12.1 Å². The monoisotopic (exact) mass is 355 g/mol. The van der Waals surface area contributed by atoms with E-state index in [0.717, 1.165) is 12.1 Å². The van der Waals surface area contributed by atoms with Crippen LogP contribution < -0.4 is 14.8 Å². The summed E-state index contributed by atoms with van der Waals surface area (Å²) in [5, 5.41) is 11.8. The van der Waals surface area contributed by atoms with Crippen molar-refractivity contribution in [2.24, 2.45) is 5.92 Å². The molecule has 1 aromatic rings. The Morgan fingerprint density at radius 2 is 1.78 bits per heavy atom. The summed E-state index contributed by atoms with van der Waals surface area (Å²) in [7, 11) is 0. The number of hydrogen-bond acceptors (Lipinski definition) is 4. The molecule has 2 atom stereocenters. The van der Waals surface area contributed by atoms with Crippen LogP contribution in [0.4, 0.5) is 17.6 Å². The lowest BCUT2D eigenvalue weighted by atomic mass is 9.99. The van der Waals surface area contributed by atoms with Gasteiger partial charge in [-0.25, -0.2) is 0 Å². The van der Waals surface area contributed by atoms with Crippen LogP contribution in [0.5, 0.6) is 11.5 Å². The van der Waals surface area contributed by atoms with E-state index in [4.69, 9.17) is 16.7 Å². The summed E-state index contributed by atoms with van der Waals surface area (Å²) in [5.41, 5.74) is 0.277. The quantitative estimate of drug-likeness (QED) is 0.798. The van der Waals surface area contributed by atoms with Gasteiger partial charge in [0, 0.05) is 23.7 Å². The van der Waals surface area contributed by atoms with Crippen molar-refractivity contribution in [3.05, 3.63) is 22.7 Å². The van der Waals surface area contributed by atoms with Gasteiger partial charge in [0.15, 0.2) is 11.5 Å². The van der Waals surface area contributed by atoms with Gasteiger partial charge in [-0.3, -0.25) is 4.79 Å². The van der Waals surface area contributed by atoms with Crippen molar-refractivity contribution in [1.82, 2.24) is 5.32 Å². The highest BCUT2D eigenvalue weighted by Crippen LogP contribution is 2.49. The number of ether oxygens (including phenoxy) is 2. The van der Waals surface area contributed by atoms with Gasteiger partial charge in [-0.2, -0.15) is 17.6 Å². The van der Waals surface area contributed by atoms with Crippen molar-refractivity contribution < 1.29 is 36.9 Å². The molecule has 2 unspecified atom stereocenters. The van der Waals surface area contributed by atoms with Crippen molar-refractivity contribution in [3.63, 3.8) is 0 Å². The number of hydrogen-bond donors (Lipinski definition) is 2. The normalized spacial score (nSPS) is 27.7. The van der Waals surface area contributed by atoms with E-state index in [1.54, 1.807) is 0 Å². The van der Waals surface area contributed by atoms with Crippen molar-refractivity contribution in [3.8, 4) is 11.5 Å². The smallest absolute Gasteiger partial charge is 0.481 e. The number of rotatable bonds is 2. The van der Waals surface area contributed by atoms with Gasteiger partial charge in [0.05, 0.1) is 5.92 Å². The highest BCUT2D eigenvalue weighted by molar-refractivity contribution is 6.31. The first-order valence-electron chi connectivity index (χ1n) is 6.54. The maximum Gasteiger partial charge on any atom is 0.507 e. The molecule has 1 fully saturated rings. The molecule has 2 aliphatic heterocycles. The molecule has 2 heterocycles. The van der Waals surface area contributed by atoms with Crippen LogP contribution in [-0.4, -0.2) is 29.8 Å². The van der Waals surface area contributed by atoms with Gasteiger partial charge >= 0.3 is 18.2 Å². The molecule has 2 aliphatic rings. The fourth-order valence-electron chi connectivity index (χ4n) is 2.53. The molecule has 5 nitrogen and oxygen atoms in total. The molecular formula is C13H10ClF4NO4. The predicted octanol–water partition coefficient (Wildman–Crippen LogP) is 3.03. The van der Waals surface area contributed by atoms with Gasteiger partial charge in [0.2, 0.25) is 0 Å². The Bertz CT molecular complexity index is 670. The molecule has 10 heteroatoms. The predicted molar refractivity (Wildman–Crippen MR) is 69.1 cm³/mol. The fourth-order valence-corrected chi connectivity index (χ4v) is 2.82. The molecule has 0 spiro atoms. The van der Waals surface area contributed by atoms with Crippen molar-refractivity contribution in [1.29, 1.82) is 0 Å². The molecule has 23 heavy (non-hydrogen) atoms. The molecule has 3 rings (SSSR count). The Hall–Kier alpha value is -1.74. The van der Waals surface area contributed by atoms with E-state index in [0.29, 0.717) is 0 Å². The number of aliphatic carboxylic acids is 1. The first-order valence-corrected chi connectivity index (χ1v) is 6.92. The van der Waals surface area contributed by atoms with E-state index >= 15 is 0 Å². The summed E-state index contributed by atoms with van der Waals surface area (Å²) in [6, 6.07) is 1.49. The summed E-state index contributed by atoms with van der Waals surface area (Å²) >= 11 is 5.98. The Balaban J connectivity index is 1.93. The van der Waals surface area contributed by atoms with E-state index in [1.165, 1.54) is 0 Å². The van der Waals surface area contributed by atoms with E-state index in [9.17, 15) is 22.4 Å². The van der Waals surface area contributed by atoms with Crippen LogP contribution in [0.3, 0.4) is 0 Å². The van der Waals surface area contributed by atoms with Crippen LogP contribution in [0.25, 0.3) is 0 Å². The number of halogens is 5. The van der Waals surface area contributed by atoms with E-state index in [1.807, 2.05) is 0 Å². The Morgan fingerprint density at radius 3 is 2.30 bits per heavy atom. The molecule has 0 saturated carbocycles. The zero-order valence-electron chi connectivity index (χ0n) is 11.3. The van der Waals surface area contributed by atoms with Crippen LogP contribution >= 0.6 is 11.6 Å². The first-order chi connectivity index (χ1) is 10.6.